The number of fused-ring (bicyclic) bond motifs is 2. The summed E-state index contributed by atoms with van der Waals surface area (Å²) < 4.78 is 0. The smallest absolute Gasteiger partial charge is 0.320 e. The molecular weight excluding hydrogens is 382 g/mol. The molecule has 7 heteroatoms. The highest BCUT2D eigenvalue weighted by atomic mass is 32.1. The molecule has 2 amide bonds. The highest BCUT2D eigenvalue weighted by molar-refractivity contribution is 7.10. The number of benzene rings is 1. The van der Waals surface area contributed by atoms with Crippen LogP contribution in [0.15, 0.2) is 41.4 Å². The normalized spacial score (nSPS) is 16.6. The van der Waals surface area contributed by atoms with Gasteiger partial charge in [-0.3, -0.25) is 5.10 Å². The minimum atomic E-state index is 0.122. The van der Waals surface area contributed by atoms with Gasteiger partial charge < -0.3 is 9.80 Å². The van der Waals surface area contributed by atoms with Gasteiger partial charge in [0.15, 0.2) is 0 Å². The second-order valence-corrected chi connectivity index (χ2v) is 8.54. The van der Waals surface area contributed by atoms with Crippen molar-refractivity contribution in [3.63, 3.8) is 0 Å². The molecule has 3 aromatic rings. The van der Waals surface area contributed by atoms with Gasteiger partial charge in [0.1, 0.15) is 0 Å². The molecule has 0 spiro atoms. The molecule has 2 aromatic heterocycles. The van der Waals surface area contributed by atoms with E-state index in [1.165, 1.54) is 10.4 Å². The number of aromatic nitrogens is 2. The number of hydrogen-bond acceptors (Lipinski definition) is 4. The maximum absolute atomic E-state index is 13.0. The zero-order chi connectivity index (χ0) is 19.8. The van der Waals surface area contributed by atoms with Crippen molar-refractivity contribution in [3.8, 4) is 6.07 Å². The molecule has 2 aliphatic rings. The number of allylic oxidation sites excluding steroid dienone is 1. The number of amides is 2. The van der Waals surface area contributed by atoms with Gasteiger partial charge >= 0.3 is 6.03 Å². The number of rotatable bonds is 1. The molecule has 1 N–H and O–H groups in total. The van der Waals surface area contributed by atoms with Crippen molar-refractivity contribution in [2.75, 3.05) is 19.6 Å². The molecule has 0 radical (unpaired) electrons. The van der Waals surface area contributed by atoms with Crippen molar-refractivity contribution in [2.24, 2.45) is 0 Å². The molecule has 1 saturated heterocycles. The standard InChI is InChI=1S/C22H21N5OS/c23-12-18(17-2-1-3-20-19(17)13-24-25-20)15-4-8-26(9-5-15)22(28)27-10-6-21-16(14-27)7-11-29-21/h1-3,7,11,13H,4-6,8-10,14H2,(H,24,25). The number of likely N-dealkylation sites (tertiary alicyclic amines) is 1. The predicted octanol–water partition coefficient (Wildman–Crippen LogP) is 4.18. The Morgan fingerprint density at radius 1 is 1.14 bits per heavy atom. The third kappa shape index (κ3) is 3.19. The van der Waals surface area contributed by atoms with E-state index in [0.29, 0.717) is 19.6 Å². The molecule has 6 nitrogen and oxygen atoms in total. The first-order valence-electron chi connectivity index (χ1n) is 9.88. The molecule has 0 unspecified atom stereocenters. The van der Waals surface area contributed by atoms with Gasteiger partial charge in [-0.1, -0.05) is 12.1 Å². The van der Waals surface area contributed by atoms with Crippen LogP contribution in [0.25, 0.3) is 16.5 Å². The topological polar surface area (TPSA) is 76.0 Å². The number of carbonyl (C=O) groups excluding carboxylic acids is 1. The fraction of sp³-hybridized carbons (Fsp3) is 0.318. The summed E-state index contributed by atoms with van der Waals surface area (Å²) in [6.45, 7) is 2.82. The van der Waals surface area contributed by atoms with Crippen molar-refractivity contribution in [3.05, 3.63) is 57.4 Å². The van der Waals surface area contributed by atoms with Crippen LogP contribution in [0.5, 0.6) is 0 Å². The lowest BCUT2D eigenvalue weighted by molar-refractivity contribution is 0.144. The number of piperidine rings is 1. The molecule has 0 aliphatic carbocycles. The van der Waals surface area contributed by atoms with E-state index < -0.39 is 0 Å². The Balaban J connectivity index is 1.32. The monoisotopic (exact) mass is 403 g/mol. The first kappa shape index (κ1) is 18.0. The molecule has 0 saturated carbocycles. The minimum absolute atomic E-state index is 0.122. The Labute approximate surface area is 173 Å². The van der Waals surface area contributed by atoms with Gasteiger partial charge in [0.05, 0.1) is 23.4 Å². The average Bonchev–Trinajstić information content (AvgIpc) is 3.43. The summed E-state index contributed by atoms with van der Waals surface area (Å²) in [6, 6.07) is 10.6. The van der Waals surface area contributed by atoms with Crippen molar-refractivity contribution in [1.82, 2.24) is 20.0 Å². The summed E-state index contributed by atoms with van der Waals surface area (Å²) in [5.41, 5.74) is 5.00. The number of aromatic amines is 1. The lowest BCUT2D eigenvalue weighted by Crippen LogP contribution is -2.47. The largest absolute Gasteiger partial charge is 0.324 e. The maximum atomic E-state index is 13.0. The van der Waals surface area contributed by atoms with Crippen LogP contribution < -0.4 is 0 Å². The molecule has 2 aliphatic heterocycles. The Morgan fingerprint density at radius 2 is 1.97 bits per heavy atom. The molecule has 5 rings (SSSR count). The molecule has 0 atom stereocenters. The fourth-order valence-electron chi connectivity index (χ4n) is 4.35. The van der Waals surface area contributed by atoms with E-state index in [-0.39, 0.29) is 6.03 Å². The van der Waals surface area contributed by atoms with Crippen LogP contribution in [0.1, 0.15) is 28.8 Å². The van der Waals surface area contributed by atoms with Gasteiger partial charge in [-0.05, 0) is 47.9 Å². The van der Waals surface area contributed by atoms with E-state index in [2.05, 4.69) is 27.7 Å². The van der Waals surface area contributed by atoms with Gasteiger partial charge in [0.2, 0.25) is 0 Å². The molecule has 1 aromatic carbocycles. The fourth-order valence-corrected chi connectivity index (χ4v) is 5.24. The Kier molecular flexibility index (Phi) is 4.57. The Bertz CT molecular complexity index is 1140. The van der Waals surface area contributed by atoms with E-state index in [1.54, 1.807) is 17.5 Å². The van der Waals surface area contributed by atoms with Crippen molar-refractivity contribution < 1.29 is 4.79 Å². The second kappa shape index (κ2) is 7.37. The number of thiophene rings is 1. The SMILES string of the molecule is N#CC(=C1CCN(C(=O)N2CCc3sccc3C2)CC1)c1cccc2[nH]ncc12. The quantitative estimate of drug-likeness (QED) is 0.620. The maximum Gasteiger partial charge on any atom is 0.320 e. The van der Waals surface area contributed by atoms with E-state index in [9.17, 15) is 10.1 Å². The minimum Gasteiger partial charge on any atom is -0.324 e. The first-order chi connectivity index (χ1) is 14.2. The number of nitrogens with zero attached hydrogens (tertiary/aromatic N) is 4. The number of H-pyrrole nitrogens is 1. The summed E-state index contributed by atoms with van der Waals surface area (Å²) in [4.78, 5) is 18.3. The highest BCUT2D eigenvalue weighted by Gasteiger charge is 2.28. The number of nitrogens with one attached hydrogen (secondary N) is 1. The lowest BCUT2D eigenvalue weighted by Gasteiger charge is -2.35. The van der Waals surface area contributed by atoms with Gasteiger partial charge in [0, 0.05) is 42.0 Å². The van der Waals surface area contributed by atoms with E-state index in [0.717, 1.165) is 53.4 Å². The summed E-state index contributed by atoms with van der Waals surface area (Å²) in [7, 11) is 0. The zero-order valence-corrected chi connectivity index (χ0v) is 16.8. The lowest BCUT2D eigenvalue weighted by atomic mass is 9.92. The summed E-state index contributed by atoms with van der Waals surface area (Å²) in [5.74, 6) is 0. The van der Waals surface area contributed by atoms with Crippen LogP contribution in [-0.4, -0.2) is 45.7 Å². The molecule has 29 heavy (non-hydrogen) atoms. The molecule has 4 heterocycles. The third-order valence-electron chi connectivity index (χ3n) is 5.94. The highest BCUT2D eigenvalue weighted by Crippen LogP contribution is 2.31. The van der Waals surface area contributed by atoms with Gasteiger partial charge in [0.25, 0.3) is 0 Å². The molecule has 146 valence electrons. The van der Waals surface area contributed by atoms with Crippen LogP contribution in [0.4, 0.5) is 4.79 Å². The number of urea groups is 1. The Hall–Kier alpha value is -3.11. The van der Waals surface area contributed by atoms with Gasteiger partial charge in [-0.2, -0.15) is 10.4 Å². The summed E-state index contributed by atoms with van der Waals surface area (Å²) in [6.07, 6.45) is 4.20. The van der Waals surface area contributed by atoms with Crippen LogP contribution in [0.2, 0.25) is 0 Å². The third-order valence-corrected chi connectivity index (χ3v) is 6.96. The van der Waals surface area contributed by atoms with Crippen LogP contribution in [-0.2, 0) is 13.0 Å². The van der Waals surface area contributed by atoms with Gasteiger partial charge in [-0.15, -0.1) is 11.3 Å². The second-order valence-electron chi connectivity index (χ2n) is 7.54. The zero-order valence-electron chi connectivity index (χ0n) is 16.0. The van der Waals surface area contributed by atoms with Crippen LogP contribution in [0, 0.1) is 11.3 Å². The van der Waals surface area contributed by atoms with E-state index in [4.69, 9.17) is 0 Å². The van der Waals surface area contributed by atoms with Crippen molar-refractivity contribution in [2.45, 2.75) is 25.8 Å². The Morgan fingerprint density at radius 3 is 2.79 bits per heavy atom. The molecule has 1 fully saturated rings. The van der Waals surface area contributed by atoms with Crippen LogP contribution in [0.3, 0.4) is 0 Å². The number of nitriles is 1. The van der Waals surface area contributed by atoms with E-state index >= 15 is 0 Å². The number of carbonyl (C=O) groups is 1. The van der Waals surface area contributed by atoms with Crippen LogP contribution >= 0.6 is 11.3 Å². The van der Waals surface area contributed by atoms with Crippen molar-refractivity contribution in [1.29, 1.82) is 5.26 Å². The van der Waals surface area contributed by atoms with E-state index in [1.807, 2.05) is 28.0 Å². The summed E-state index contributed by atoms with van der Waals surface area (Å²) >= 11 is 1.78. The average molecular weight is 404 g/mol. The molecule has 0 bridgehead atoms. The predicted molar refractivity (Wildman–Crippen MR) is 113 cm³/mol. The van der Waals surface area contributed by atoms with Crippen molar-refractivity contribution >= 4 is 33.8 Å². The number of hydrogen-bond donors (Lipinski definition) is 1. The first-order valence-corrected chi connectivity index (χ1v) is 10.8. The van der Waals surface area contributed by atoms with Gasteiger partial charge in [-0.25, -0.2) is 4.79 Å². The summed E-state index contributed by atoms with van der Waals surface area (Å²) in [5, 5.41) is 20.0. The molecular formula is C22H21N5OS.